The van der Waals surface area contributed by atoms with Gasteiger partial charge in [-0.05, 0) is 289 Å². The van der Waals surface area contributed by atoms with Crippen LogP contribution in [0.5, 0.6) is 11.5 Å². The summed E-state index contributed by atoms with van der Waals surface area (Å²) in [5, 5.41) is 0. The molecule has 5 nitrogen and oxygen atoms in total. The Balaban J connectivity index is 0.000000189. The predicted molar refractivity (Wildman–Crippen MR) is 424 cm³/mol. The standard InChI is InChI=1S/C32H56O.C31H50O3.C31H54O/c1-22(2)14-11-15-24(5)16-12-17-25(6)18-13-20-32(10)21-19-29-28(9)30(23(3)4)26(7)27(8)31(29)33-32;1-18(2)21-9-12-29(6)23-15-26(32)30(7)24(22(23)10-11-28(29,5)16-21)14-25-27(30)20(4)31(34-25)13-8-19(3)17-33-31;1-22(2)13-10-14-24(5)15-11-16-25(6)17-12-19-31(9)20-18-28-21-29(23(3)4)26(7)27(8)30(28)32-31/h22-25H,11-21H2,1-10H3;18-25,27H,8-17H2,1-7H3;21-25H,10-20H2,1-9H3/t24-,25-,32-;19-,20+,21+,22-,23+,24+,25+,27+,28+,29-,30-,31-;24-,25-,31-/m010/s1. The smallest absolute Gasteiger partial charge is 0.171 e. The largest absolute Gasteiger partial charge is 0.487 e. The van der Waals surface area contributed by atoms with Gasteiger partial charge in [-0.2, -0.15) is 0 Å². The highest BCUT2D eigenvalue weighted by atomic mass is 16.7. The van der Waals surface area contributed by atoms with E-state index in [2.05, 4.69) is 186 Å². The Morgan fingerprint density at radius 1 is 0.525 bits per heavy atom. The molecule has 4 heterocycles. The van der Waals surface area contributed by atoms with Gasteiger partial charge in [0.1, 0.15) is 28.5 Å². The quantitative estimate of drug-likeness (QED) is 0.0892. The summed E-state index contributed by atoms with van der Waals surface area (Å²) in [4.78, 5) is 14.3. The Labute approximate surface area is 613 Å². The van der Waals surface area contributed by atoms with Gasteiger partial charge in [-0.25, -0.2) is 0 Å². The molecule has 8 aliphatic rings. The van der Waals surface area contributed by atoms with Crippen molar-refractivity contribution in [1.82, 2.24) is 0 Å². The molecule has 0 N–H and O–H groups in total. The second-order valence-corrected chi connectivity index (χ2v) is 40.0. The van der Waals surface area contributed by atoms with Crippen molar-refractivity contribution in [3.63, 3.8) is 0 Å². The zero-order chi connectivity index (χ0) is 72.9. The lowest BCUT2D eigenvalue weighted by Crippen LogP contribution is -2.60. The number of aryl methyl sites for hydroxylation is 1. The molecule has 4 aliphatic heterocycles. The molecule has 2 aromatic rings. The molecule has 6 fully saturated rings. The van der Waals surface area contributed by atoms with Crippen LogP contribution in [0.2, 0.25) is 0 Å². The number of carbonyl (C=O) groups is 1. The summed E-state index contributed by atoms with van der Waals surface area (Å²) in [6.45, 7) is 62.4. The average Bonchev–Trinajstić information content (AvgIpc) is 1.56. The molecule has 1 spiro atoms. The lowest BCUT2D eigenvalue weighted by atomic mass is 9.39. The molecule has 2 saturated heterocycles. The number of ketones is 1. The predicted octanol–water partition coefficient (Wildman–Crippen LogP) is 27.5. The van der Waals surface area contributed by atoms with Crippen LogP contribution in [0, 0.1) is 134 Å². The molecule has 5 heteroatoms. The minimum Gasteiger partial charge on any atom is -0.487 e. The number of rotatable bonds is 27. The fraction of sp³-hybridized carbons (Fsp3) is 0.862. The summed E-state index contributed by atoms with van der Waals surface area (Å²) >= 11 is 0. The highest BCUT2D eigenvalue weighted by Gasteiger charge is 2.73. The van der Waals surface area contributed by atoms with Crippen LogP contribution in [0.15, 0.2) is 6.07 Å². The maximum absolute atomic E-state index is 14.3. The molecule has 0 radical (unpaired) electrons. The van der Waals surface area contributed by atoms with Gasteiger partial charge in [0, 0.05) is 30.1 Å². The normalized spacial score (nSPS) is 33.5. The average molecular weight is 1370 g/mol. The van der Waals surface area contributed by atoms with Crippen LogP contribution in [-0.4, -0.2) is 35.5 Å². The highest BCUT2D eigenvalue weighted by Crippen LogP contribution is 2.73. The van der Waals surface area contributed by atoms with Crippen molar-refractivity contribution in [2.45, 2.75) is 414 Å². The van der Waals surface area contributed by atoms with Crippen LogP contribution in [0.1, 0.15) is 394 Å². The number of hydrogen-bond donors (Lipinski definition) is 0. The van der Waals surface area contributed by atoms with Crippen LogP contribution < -0.4 is 9.47 Å². The van der Waals surface area contributed by atoms with Crippen molar-refractivity contribution in [1.29, 1.82) is 0 Å². The van der Waals surface area contributed by atoms with Gasteiger partial charge in [0.05, 0.1) is 12.7 Å². The highest BCUT2D eigenvalue weighted by molar-refractivity contribution is 5.87. The second-order valence-electron chi connectivity index (χ2n) is 40.0. The van der Waals surface area contributed by atoms with E-state index in [4.69, 9.17) is 18.9 Å². The van der Waals surface area contributed by atoms with Crippen molar-refractivity contribution in [3.8, 4) is 11.5 Å². The third-order valence-corrected chi connectivity index (χ3v) is 30.2. The van der Waals surface area contributed by atoms with E-state index in [1.807, 2.05) is 0 Å². The molecule has 0 bridgehead atoms. The SMILES string of the molecule is CC(C)[C@H]1CC[C@]2(C)[C@H]3CC(=O)[C@]4(C)[C@@H]5[C@H](C[C@H]4[C@@H]3CC[C@@]2(C)C1)O[C@]1(CC[C@@H](C)CO1)[C@H]5C.Cc1c(C(C)C)cc2c(c1C)O[C@@](C)(CCC[C@@H](C)CCC[C@@H](C)CCCC(C)C)CC2.Cc1c(C)c(C(C)C)c(C)c2c1O[C@@](C)(CCC[C@@H](C)CCC[C@@H](C)CCCC(C)C)CC2. The van der Waals surface area contributed by atoms with Crippen LogP contribution in [-0.2, 0) is 27.1 Å². The maximum Gasteiger partial charge on any atom is 0.171 e. The maximum atomic E-state index is 14.3. The van der Waals surface area contributed by atoms with Crippen molar-refractivity contribution in [2.75, 3.05) is 6.61 Å². The third kappa shape index (κ3) is 18.9. The second kappa shape index (κ2) is 34.5. The number of ether oxygens (including phenoxy) is 4. The van der Waals surface area contributed by atoms with Crippen LogP contribution >= 0.6 is 0 Å². The minimum absolute atomic E-state index is 0.000631. The fourth-order valence-electron chi connectivity index (χ4n) is 22.7. The lowest BCUT2D eigenvalue weighted by Gasteiger charge is -2.65. The van der Waals surface area contributed by atoms with Crippen molar-refractivity contribution >= 4 is 5.78 Å². The summed E-state index contributed by atoms with van der Waals surface area (Å²) in [5.74, 6) is 13.6. The summed E-state index contributed by atoms with van der Waals surface area (Å²) < 4.78 is 26.8. The molecule has 4 saturated carbocycles. The topological polar surface area (TPSA) is 54.0 Å². The minimum atomic E-state index is -0.431. The fourth-order valence-corrected chi connectivity index (χ4v) is 22.7. The van der Waals surface area contributed by atoms with Gasteiger partial charge in [0.15, 0.2) is 5.79 Å². The number of carbonyl (C=O) groups excluding carboxylic acids is 1. The molecule has 99 heavy (non-hydrogen) atoms. The molecule has 0 amide bonds. The number of fused-ring (bicyclic) bond motifs is 9. The summed E-state index contributed by atoms with van der Waals surface area (Å²) in [6.07, 6.45) is 40.1. The van der Waals surface area contributed by atoms with E-state index in [0.29, 0.717) is 64.0 Å². The number of benzene rings is 2. The van der Waals surface area contributed by atoms with E-state index in [1.54, 1.807) is 5.56 Å². The first-order valence-electron chi connectivity index (χ1n) is 42.9. The summed E-state index contributed by atoms with van der Waals surface area (Å²) in [6, 6.07) is 2.42. The molecule has 10 rings (SSSR count). The van der Waals surface area contributed by atoms with E-state index in [0.717, 1.165) is 92.5 Å². The van der Waals surface area contributed by atoms with E-state index in [1.165, 1.54) is 217 Å². The molecule has 4 aliphatic carbocycles. The van der Waals surface area contributed by atoms with Gasteiger partial charge in [-0.15, -0.1) is 0 Å². The monoisotopic (exact) mass is 1370 g/mol. The van der Waals surface area contributed by atoms with Crippen LogP contribution in [0.4, 0.5) is 0 Å². The first-order chi connectivity index (χ1) is 46.4. The van der Waals surface area contributed by atoms with Crippen LogP contribution in [0.3, 0.4) is 0 Å². The van der Waals surface area contributed by atoms with Crippen LogP contribution in [0.25, 0.3) is 0 Å². The van der Waals surface area contributed by atoms with Crippen molar-refractivity contribution in [3.05, 3.63) is 56.1 Å². The molecule has 566 valence electrons. The first-order valence-corrected chi connectivity index (χ1v) is 42.9. The Morgan fingerprint density at radius 3 is 1.55 bits per heavy atom. The first kappa shape index (κ1) is 82.3. The van der Waals surface area contributed by atoms with Crippen molar-refractivity contribution < 1.29 is 23.7 Å². The van der Waals surface area contributed by atoms with Gasteiger partial charge < -0.3 is 18.9 Å². The Morgan fingerprint density at radius 2 is 1.04 bits per heavy atom. The van der Waals surface area contributed by atoms with E-state index >= 15 is 0 Å². The van der Waals surface area contributed by atoms with Gasteiger partial charge in [-0.3, -0.25) is 4.79 Å². The third-order valence-electron chi connectivity index (χ3n) is 30.2. The van der Waals surface area contributed by atoms with Gasteiger partial charge in [-0.1, -0.05) is 228 Å². The molecule has 2 aromatic carbocycles. The van der Waals surface area contributed by atoms with E-state index < -0.39 is 5.79 Å². The summed E-state index contributed by atoms with van der Waals surface area (Å²) in [5.41, 5.74) is 13.5. The molecule has 0 unspecified atom stereocenters. The summed E-state index contributed by atoms with van der Waals surface area (Å²) in [7, 11) is 0. The van der Waals surface area contributed by atoms with Gasteiger partial charge >= 0.3 is 0 Å². The lowest BCUT2D eigenvalue weighted by molar-refractivity contribution is -0.272. The van der Waals surface area contributed by atoms with E-state index in [-0.39, 0.29) is 22.7 Å². The Bertz CT molecular complexity index is 2900. The molecular formula is C94H160O5. The van der Waals surface area contributed by atoms with Gasteiger partial charge in [0.25, 0.3) is 0 Å². The zero-order valence-electron chi connectivity index (χ0n) is 70.1. The van der Waals surface area contributed by atoms with E-state index in [9.17, 15) is 4.79 Å². The molecule has 0 aromatic heterocycles. The van der Waals surface area contributed by atoms with Gasteiger partial charge in [0.2, 0.25) is 0 Å². The zero-order valence-corrected chi connectivity index (χ0v) is 70.1. The van der Waals surface area contributed by atoms with Crippen molar-refractivity contribution in [2.24, 2.45) is 99.1 Å². The molecule has 18 atom stereocenters. The number of Topliss-reactive ketones (excluding diaryl/α,β-unsaturated/α-hetero) is 1. The molecular weight excluding hydrogens is 1210 g/mol. The Hall–Kier alpha value is -2.37. The number of hydrogen-bond acceptors (Lipinski definition) is 5. The Kier molecular flexibility index (Phi) is 28.6.